The minimum Gasteiger partial charge on any atom is -0.494 e. The number of nitrogens with zero attached hydrogens (tertiary/aromatic N) is 2. The maximum Gasteiger partial charge on any atom is 0.243 e. The zero-order valence-corrected chi connectivity index (χ0v) is 17.5. The number of amides is 1. The Morgan fingerprint density at radius 2 is 1.89 bits per heavy atom. The second-order valence-electron chi connectivity index (χ2n) is 6.49. The number of hydrogen-bond acceptors (Lipinski definition) is 6. The molecule has 0 aliphatic carbocycles. The lowest BCUT2D eigenvalue weighted by Gasteiger charge is -2.26. The van der Waals surface area contributed by atoms with Crippen LogP contribution < -0.4 is 10.1 Å². The number of likely N-dealkylation sites (N-methyl/N-ethyl adjacent to an activating group) is 1. The van der Waals surface area contributed by atoms with Gasteiger partial charge in [0.05, 0.1) is 31.3 Å². The summed E-state index contributed by atoms with van der Waals surface area (Å²) in [5.74, 6) is 0.320. The second kappa shape index (κ2) is 11.4. The summed E-state index contributed by atoms with van der Waals surface area (Å²) in [6.07, 6.45) is 0.823. The molecular formula is C19H31N3O5S. The molecule has 8 nitrogen and oxygen atoms in total. The van der Waals surface area contributed by atoms with Crippen molar-refractivity contribution in [1.82, 2.24) is 14.5 Å². The van der Waals surface area contributed by atoms with Crippen LogP contribution in [0.15, 0.2) is 29.2 Å². The number of carbonyl (C=O) groups is 1. The van der Waals surface area contributed by atoms with E-state index in [1.54, 1.807) is 19.1 Å². The monoisotopic (exact) mass is 413 g/mol. The fourth-order valence-corrected chi connectivity index (χ4v) is 4.37. The van der Waals surface area contributed by atoms with Crippen LogP contribution in [0.1, 0.15) is 20.3 Å². The van der Waals surface area contributed by atoms with Gasteiger partial charge in [-0.2, -0.15) is 4.31 Å². The average Bonchev–Trinajstić information content (AvgIpc) is 2.71. The molecule has 1 heterocycles. The maximum absolute atomic E-state index is 12.8. The zero-order chi connectivity index (χ0) is 20.4. The first-order valence-corrected chi connectivity index (χ1v) is 11.2. The molecule has 0 atom stereocenters. The molecule has 0 radical (unpaired) electrons. The Hall–Kier alpha value is -1.68. The molecule has 1 N–H and O–H groups in total. The number of rotatable bonds is 11. The number of nitrogens with one attached hydrogen (secondary N) is 1. The molecule has 1 saturated heterocycles. The van der Waals surface area contributed by atoms with Gasteiger partial charge in [-0.25, -0.2) is 8.42 Å². The van der Waals surface area contributed by atoms with Gasteiger partial charge in [-0.05, 0) is 44.2 Å². The van der Waals surface area contributed by atoms with Crippen molar-refractivity contribution in [2.75, 3.05) is 59.1 Å². The lowest BCUT2D eigenvalue weighted by atomic mass is 10.3. The summed E-state index contributed by atoms with van der Waals surface area (Å²) in [7, 11) is -3.73. The molecule has 28 heavy (non-hydrogen) atoms. The van der Waals surface area contributed by atoms with Crippen LogP contribution in [-0.4, -0.2) is 82.6 Å². The Bertz CT molecular complexity index is 703. The lowest BCUT2D eigenvalue weighted by Crippen LogP contribution is -2.42. The van der Waals surface area contributed by atoms with Crippen LogP contribution in [0.2, 0.25) is 0 Å². The Balaban J connectivity index is 1.82. The van der Waals surface area contributed by atoms with E-state index in [0.29, 0.717) is 18.9 Å². The number of sulfonamides is 1. The third-order valence-electron chi connectivity index (χ3n) is 4.52. The van der Waals surface area contributed by atoms with Crippen molar-refractivity contribution >= 4 is 15.9 Å². The summed E-state index contributed by atoms with van der Waals surface area (Å²) < 4.78 is 37.4. The Morgan fingerprint density at radius 3 is 2.50 bits per heavy atom. The Labute approximate surface area is 167 Å². The molecule has 0 bridgehead atoms. The van der Waals surface area contributed by atoms with Gasteiger partial charge in [-0.1, -0.05) is 6.92 Å². The summed E-state index contributed by atoms with van der Waals surface area (Å²) in [6, 6.07) is 6.25. The fraction of sp³-hybridized carbons (Fsp3) is 0.632. The van der Waals surface area contributed by atoms with Gasteiger partial charge in [0.25, 0.3) is 0 Å². The third kappa shape index (κ3) is 6.73. The van der Waals surface area contributed by atoms with E-state index < -0.39 is 10.0 Å². The molecule has 1 aromatic carbocycles. The molecule has 1 amide bonds. The molecule has 158 valence electrons. The van der Waals surface area contributed by atoms with E-state index in [-0.39, 0.29) is 23.9 Å². The third-order valence-corrected chi connectivity index (χ3v) is 6.46. The van der Waals surface area contributed by atoms with Crippen LogP contribution in [0.3, 0.4) is 0 Å². The molecule has 0 aromatic heterocycles. The van der Waals surface area contributed by atoms with Crippen LogP contribution in [0.5, 0.6) is 5.75 Å². The summed E-state index contributed by atoms with van der Waals surface area (Å²) in [4.78, 5) is 14.7. The van der Waals surface area contributed by atoms with E-state index in [0.717, 1.165) is 39.3 Å². The van der Waals surface area contributed by atoms with Gasteiger partial charge in [-0.15, -0.1) is 0 Å². The lowest BCUT2D eigenvalue weighted by molar-refractivity contribution is -0.121. The summed E-state index contributed by atoms with van der Waals surface area (Å²) in [5.41, 5.74) is 0. The molecule has 0 unspecified atom stereocenters. The predicted molar refractivity (Wildman–Crippen MR) is 107 cm³/mol. The molecule has 1 fully saturated rings. The van der Waals surface area contributed by atoms with Gasteiger partial charge >= 0.3 is 0 Å². The highest BCUT2D eigenvalue weighted by atomic mass is 32.2. The summed E-state index contributed by atoms with van der Waals surface area (Å²) in [6.45, 7) is 8.88. The van der Waals surface area contributed by atoms with Crippen LogP contribution in [-0.2, 0) is 19.6 Å². The zero-order valence-electron chi connectivity index (χ0n) is 16.7. The van der Waals surface area contributed by atoms with Gasteiger partial charge in [0.15, 0.2) is 0 Å². The Kier molecular flexibility index (Phi) is 9.17. The number of ether oxygens (including phenoxy) is 2. The predicted octanol–water partition coefficient (Wildman–Crippen LogP) is 0.934. The van der Waals surface area contributed by atoms with E-state index in [1.807, 2.05) is 6.92 Å². The van der Waals surface area contributed by atoms with E-state index in [1.165, 1.54) is 16.4 Å². The highest BCUT2D eigenvalue weighted by Crippen LogP contribution is 2.19. The van der Waals surface area contributed by atoms with Crippen molar-refractivity contribution in [1.29, 1.82) is 0 Å². The van der Waals surface area contributed by atoms with E-state index >= 15 is 0 Å². The van der Waals surface area contributed by atoms with Crippen molar-refractivity contribution in [2.24, 2.45) is 0 Å². The minimum atomic E-state index is -3.73. The van der Waals surface area contributed by atoms with Crippen molar-refractivity contribution in [3.8, 4) is 5.75 Å². The maximum atomic E-state index is 12.8. The first-order chi connectivity index (χ1) is 13.5. The van der Waals surface area contributed by atoms with Crippen molar-refractivity contribution in [2.45, 2.75) is 25.2 Å². The first-order valence-electron chi connectivity index (χ1n) is 9.77. The fourth-order valence-electron chi connectivity index (χ4n) is 2.96. The van der Waals surface area contributed by atoms with Gasteiger partial charge in [0, 0.05) is 26.2 Å². The van der Waals surface area contributed by atoms with Crippen molar-refractivity contribution in [3.63, 3.8) is 0 Å². The van der Waals surface area contributed by atoms with Gasteiger partial charge in [0.2, 0.25) is 15.9 Å². The number of morpholine rings is 1. The van der Waals surface area contributed by atoms with Crippen LogP contribution >= 0.6 is 0 Å². The largest absolute Gasteiger partial charge is 0.494 e. The molecular weight excluding hydrogens is 382 g/mol. The average molecular weight is 414 g/mol. The smallest absolute Gasteiger partial charge is 0.243 e. The molecule has 1 aliphatic rings. The van der Waals surface area contributed by atoms with Crippen LogP contribution in [0.25, 0.3) is 0 Å². The van der Waals surface area contributed by atoms with E-state index in [4.69, 9.17) is 9.47 Å². The van der Waals surface area contributed by atoms with Crippen LogP contribution in [0, 0.1) is 0 Å². The standard InChI is InChI=1S/C19H31N3O5S/c1-3-22(28(24,25)18-8-6-17(7-9-18)27-4-2)16-19(23)20-10-5-11-21-12-14-26-15-13-21/h6-9H,3-5,10-16H2,1-2H3,(H,20,23). The van der Waals surface area contributed by atoms with Crippen molar-refractivity contribution < 1.29 is 22.7 Å². The number of benzene rings is 1. The van der Waals surface area contributed by atoms with E-state index in [9.17, 15) is 13.2 Å². The molecule has 0 saturated carbocycles. The minimum absolute atomic E-state index is 0.151. The number of carbonyl (C=O) groups excluding carboxylic acids is 1. The highest BCUT2D eigenvalue weighted by Gasteiger charge is 2.25. The Morgan fingerprint density at radius 1 is 1.21 bits per heavy atom. The quantitative estimate of drug-likeness (QED) is 0.543. The molecule has 2 rings (SSSR count). The molecule has 1 aromatic rings. The summed E-state index contributed by atoms with van der Waals surface area (Å²) >= 11 is 0. The topological polar surface area (TPSA) is 88.2 Å². The summed E-state index contributed by atoms with van der Waals surface area (Å²) in [5, 5.41) is 2.81. The first kappa shape index (κ1) is 22.6. The van der Waals surface area contributed by atoms with Gasteiger partial charge in [0.1, 0.15) is 5.75 Å². The molecule has 0 spiro atoms. The normalized spacial score (nSPS) is 15.5. The SMILES string of the molecule is CCOc1ccc(S(=O)(=O)N(CC)CC(=O)NCCCN2CCOCC2)cc1. The number of hydrogen-bond donors (Lipinski definition) is 1. The second-order valence-corrected chi connectivity index (χ2v) is 8.43. The van der Waals surface area contributed by atoms with Gasteiger partial charge in [-0.3, -0.25) is 9.69 Å². The van der Waals surface area contributed by atoms with Crippen LogP contribution in [0.4, 0.5) is 0 Å². The van der Waals surface area contributed by atoms with Gasteiger partial charge < -0.3 is 14.8 Å². The highest BCUT2D eigenvalue weighted by molar-refractivity contribution is 7.89. The molecule has 9 heteroatoms. The molecule has 1 aliphatic heterocycles. The van der Waals surface area contributed by atoms with E-state index in [2.05, 4.69) is 10.2 Å². The van der Waals surface area contributed by atoms with Crippen molar-refractivity contribution in [3.05, 3.63) is 24.3 Å².